The smallest absolute Gasteiger partial charge is 0.247 e. The Balaban J connectivity index is 1.46. The van der Waals surface area contributed by atoms with Crippen molar-refractivity contribution >= 4 is 5.69 Å². The predicted molar refractivity (Wildman–Crippen MR) is 76.3 cm³/mol. The van der Waals surface area contributed by atoms with E-state index in [1.165, 1.54) is 44.6 Å². The van der Waals surface area contributed by atoms with Crippen molar-refractivity contribution in [3.05, 3.63) is 30.7 Å². The molecule has 0 amide bonds. The third-order valence-corrected chi connectivity index (χ3v) is 4.48. The summed E-state index contributed by atoms with van der Waals surface area (Å²) in [4.78, 5) is 2.57. The maximum Gasteiger partial charge on any atom is 0.247 e. The van der Waals surface area contributed by atoms with Gasteiger partial charge >= 0.3 is 0 Å². The van der Waals surface area contributed by atoms with Gasteiger partial charge in [-0.1, -0.05) is 0 Å². The average molecular weight is 270 g/mol. The molecule has 1 N–H and O–H groups in total. The average Bonchev–Trinajstić information content (AvgIpc) is 3.14. The number of anilines is 1. The Bertz CT molecular complexity index is 566. The number of fused-ring (bicyclic) bond motifs is 2. The quantitative estimate of drug-likeness (QED) is 0.927. The molecule has 2 aliphatic rings. The minimum absolute atomic E-state index is 0.570. The van der Waals surface area contributed by atoms with Gasteiger partial charge in [-0.2, -0.15) is 0 Å². The van der Waals surface area contributed by atoms with Crippen molar-refractivity contribution in [2.45, 2.75) is 18.9 Å². The first-order valence-corrected chi connectivity index (χ1v) is 7.24. The van der Waals surface area contributed by atoms with Gasteiger partial charge in [0, 0.05) is 30.4 Å². The monoisotopic (exact) mass is 270 g/mol. The van der Waals surface area contributed by atoms with Crippen LogP contribution in [-0.2, 0) is 0 Å². The number of piperidine rings is 1. The molecule has 2 aromatic rings. The van der Waals surface area contributed by atoms with E-state index in [2.05, 4.69) is 32.5 Å². The molecule has 3 heterocycles. The lowest BCUT2D eigenvalue weighted by Gasteiger charge is -2.31. The lowest BCUT2D eigenvalue weighted by atomic mass is 9.94. The van der Waals surface area contributed by atoms with Crippen LogP contribution in [0.15, 0.2) is 35.1 Å². The van der Waals surface area contributed by atoms with E-state index in [0.717, 1.165) is 11.5 Å². The van der Waals surface area contributed by atoms with Crippen molar-refractivity contribution in [2.75, 3.05) is 25.0 Å². The van der Waals surface area contributed by atoms with Gasteiger partial charge in [-0.05, 0) is 49.6 Å². The molecule has 2 bridgehead atoms. The van der Waals surface area contributed by atoms with Gasteiger partial charge in [0.05, 0.1) is 0 Å². The van der Waals surface area contributed by atoms with Crippen LogP contribution in [0.1, 0.15) is 12.8 Å². The molecule has 3 atom stereocenters. The zero-order valence-electron chi connectivity index (χ0n) is 11.3. The third-order valence-electron chi connectivity index (χ3n) is 4.48. The molecule has 0 saturated carbocycles. The number of hydrogen-bond donors (Lipinski definition) is 1. The molecule has 0 spiro atoms. The second kappa shape index (κ2) is 4.90. The fourth-order valence-corrected chi connectivity index (χ4v) is 3.36. The summed E-state index contributed by atoms with van der Waals surface area (Å²) in [5.41, 5.74) is 2.14. The van der Waals surface area contributed by atoms with E-state index >= 15 is 0 Å². The van der Waals surface area contributed by atoms with Crippen LogP contribution in [0.2, 0.25) is 0 Å². The van der Waals surface area contributed by atoms with Crippen molar-refractivity contribution in [3.8, 4) is 11.5 Å². The summed E-state index contributed by atoms with van der Waals surface area (Å²) in [6, 6.07) is 8.86. The van der Waals surface area contributed by atoms with E-state index in [-0.39, 0.29) is 0 Å². The number of rotatable bonds is 3. The topological polar surface area (TPSA) is 54.2 Å². The second-order valence-electron chi connectivity index (χ2n) is 5.71. The van der Waals surface area contributed by atoms with Crippen molar-refractivity contribution in [1.29, 1.82) is 0 Å². The first-order chi connectivity index (χ1) is 9.88. The molecule has 2 fully saturated rings. The third kappa shape index (κ3) is 2.18. The van der Waals surface area contributed by atoms with Crippen LogP contribution in [0.4, 0.5) is 5.69 Å². The van der Waals surface area contributed by atoms with Crippen molar-refractivity contribution < 1.29 is 4.42 Å². The maximum atomic E-state index is 5.20. The zero-order valence-corrected chi connectivity index (χ0v) is 11.3. The van der Waals surface area contributed by atoms with E-state index in [4.69, 9.17) is 4.42 Å². The van der Waals surface area contributed by atoms with E-state index in [1.807, 2.05) is 12.1 Å². The zero-order chi connectivity index (χ0) is 13.4. The van der Waals surface area contributed by atoms with Crippen LogP contribution in [0.5, 0.6) is 0 Å². The fraction of sp³-hybridized carbons (Fsp3) is 0.467. The van der Waals surface area contributed by atoms with Crippen LogP contribution < -0.4 is 5.32 Å². The highest BCUT2D eigenvalue weighted by Crippen LogP contribution is 2.29. The summed E-state index contributed by atoms with van der Waals surface area (Å²) >= 11 is 0. The molecule has 20 heavy (non-hydrogen) atoms. The Kier molecular flexibility index (Phi) is 2.92. The van der Waals surface area contributed by atoms with Crippen molar-refractivity contribution in [3.63, 3.8) is 0 Å². The van der Waals surface area contributed by atoms with Crippen LogP contribution >= 0.6 is 0 Å². The summed E-state index contributed by atoms with van der Waals surface area (Å²) < 4.78 is 5.20. The highest BCUT2D eigenvalue weighted by molar-refractivity contribution is 5.58. The predicted octanol–water partition coefficient (Wildman–Crippen LogP) is 2.24. The second-order valence-corrected chi connectivity index (χ2v) is 5.71. The minimum atomic E-state index is 0.570. The molecule has 4 rings (SSSR count). The Morgan fingerprint density at radius 3 is 2.80 bits per heavy atom. The lowest BCUT2D eigenvalue weighted by molar-refractivity contribution is 0.255. The molecule has 0 aliphatic carbocycles. The van der Waals surface area contributed by atoms with E-state index in [9.17, 15) is 0 Å². The van der Waals surface area contributed by atoms with Gasteiger partial charge in [-0.25, -0.2) is 0 Å². The summed E-state index contributed by atoms with van der Waals surface area (Å²) in [5, 5.41) is 11.3. The van der Waals surface area contributed by atoms with Gasteiger partial charge in [-0.3, -0.25) is 0 Å². The first-order valence-electron chi connectivity index (χ1n) is 7.24. The summed E-state index contributed by atoms with van der Waals surface area (Å²) in [6.45, 7) is 3.77. The highest BCUT2D eigenvalue weighted by Gasteiger charge is 2.33. The van der Waals surface area contributed by atoms with E-state index in [0.29, 0.717) is 11.9 Å². The molecule has 3 unspecified atom stereocenters. The molecule has 1 aromatic heterocycles. The fourth-order valence-electron chi connectivity index (χ4n) is 3.36. The Morgan fingerprint density at radius 1 is 1.15 bits per heavy atom. The van der Waals surface area contributed by atoms with Gasteiger partial charge in [0.25, 0.3) is 0 Å². The molecule has 2 saturated heterocycles. The van der Waals surface area contributed by atoms with Crippen LogP contribution in [0.3, 0.4) is 0 Å². The first kappa shape index (κ1) is 11.9. The number of nitrogens with zero attached hydrogens (tertiary/aromatic N) is 3. The number of benzene rings is 1. The van der Waals surface area contributed by atoms with Crippen molar-refractivity contribution in [1.82, 2.24) is 15.1 Å². The van der Waals surface area contributed by atoms with Crippen LogP contribution in [0, 0.1) is 5.92 Å². The number of hydrogen-bond acceptors (Lipinski definition) is 5. The largest absolute Gasteiger partial charge is 0.423 e. The summed E-state index contributed by atoms with van der Waals surface area (Å²) in [7, 11) is 0. The Hall–Kier alpha value is -1.88. The molecule has 2 aliphatic heterocycles. The Labute approximate surface area is 118 Å². The van der Waals surface area contributed by atoms with E-state index in [1.54, 1.807) is 0 Å². The Morgan fingerprint density at radius 2 is 2.00 bits per heavy atom. The molecule has 1 aromatic carbocycles. The molecular weight excluding hydrogens is 252 g/mol. The summed E-state index contributed by atoms with van der Waals surface area (Å²) in [5.74, 6) is 1.38. The highest BCUT2D eigenvalue weighted by atomic mass is 16.4. The standard InChI is InChI=1S/C15H18N4O/c1-3-13(4-2-11(1)15-18-16-10-20-15)17-14-6-8-19-7-5-12(14)9-19/h1-4,10,12,14,17H,5-9H2. The van der Waals surface area contributed by atoms with Gasteiger partial charge in [0.1, 0.15) is 0 Å². The van der Waals surface area contributed by atoms with Gasteiger partial charge in [-0.15, -0.1) is 10.2 Å². The van der Waals surface area contributed by atoms with Crippen LogP contribution in [0.25, 0.3) is 11.5 Å². The maximum absolute atomic E-state index is 5.20. The number of nitrogens with one attached hydrogen (secondary N) is 1. The summed E-state index contributed by atoms with van der Waals surface area (Å²) in [6.07, 6.45) is 3.93. The SMILES string of the molecule is c1nnc(-c2ccc(NC3CCN4CCC3C4)cc2)o1. The minimum Gasteiger partial charge on any atom is -0.423 e. The van der Waals surface area contributed by atoms with Gasteiger partial charge in [0.2, 0.25) is 12.3 Å². The molecule has 0 radical (unpaired) electrons. The van der Waals surface area contributed by atoms with Crippen LogP contribution in [-0.4, -0.2) is 40.8 Å². The molecular formula is C15H18N4O. The van der Waals surface area contributed by atoms with Gasteiger partial charge in [0.15, 0.2) is 0 Å². The molecule has 5 heteroatoms. The molecule has 5 nitrogen and oxygen atoms in total. The molecule has 104 valence electrons. The van der Waals surface area contributed by atoms with Gasteiger partial charge < -0.3 is 14.6 Å². The number of aromatic nitrogens is 2. The lowest BCUT2D eigenvalue weighted by Crippen LogP contribution is -2.39. The normalized spacial score (nSPS) is 28.5. The van der Waals surface area contributed by atoms with Crippen molar-refractivity contribution in [2.24, 2.45) is 5.92 Å². The van der Waals surface area contributed by atoms with E-state index < -0.39 is 0 Å².